The second kappa shape index (κ2) is 8.94. The number of amides is 2. The van der Waals surface area contributed by atoms with Crippen molar-refractivity contribution in [2.45, 2.75) is 30.6 Å². The van der Waals surface area contributed by atoms with Crippen LogP contribution in [0.3, 0.4) is 0 Å². The standard InChI is InChI=1S/C19H19FN2O10P2/c20-15-9-13(30-18(24)22-8-2-4-16(22)23)5-6-14(15)17-31-33(26,27)19(25,34(28,29)32-17)10-12-3-1-7-21-11-12/h1,3,5-7,9,11,17,25H,2,4,8,10H2,(H,26,27)(H,28,29). The molecule has 2 atom stereocenters. The molecule has 182 valence electrons. The van der Waals surface area contributed by atoms with Crippen LogP contribution >= 0.6 is 15.2 Å². The molecule has 2 aliphatic heterocycles. The number of hydrogen-bond donors (Lipinski definition) is 3. The molecular formula is C19H19FN2O10P2. The van der Waals surface area contributed by atoms with Crippen LogP contribution in [0.15, 0.2) is 42.7 Å². The molecule has 2 unspecified atom stereocenters. The maximum Gasteiger partial charge on any atom is 0.421 e. The van der Waals surface area contributed by atoms with E-state index in [9.17, 15) is 38.0 Å². The van der Waals surface area contributed by atoms with E-state index in [0.29, 0.717) is 12.5 Å². The number of rotatable bonds is 4. The van der Waals surface area contributed by atoms with Crippen molar-refractivity contribution in [3.05, 3.63) is 59.7 Å². The number of benzene rings is 1. The fourth-order valence-electron chi connectivity index (χ4n) is 3.46. The number of halogens is 1. The average Bonchev–Trinajstić information content (AvgIpc) is 3.18. The van der Waals surface area contributed by atoms with Crippen LogP contribution in [-0.2, 0) is 29.4 Å². The highest BCUT2D eigenvalue weighted by Gasteiger charge is 2.67. The molecule has 15 heteroatoms. The SMILES string of the molecule is O=C1CCCN1C(=O)Oc1ccc(C2OP(=O)(O)C(O)(Cc3cccnc3)P(=O)(O)O2)c(F)c1. The third-order valence-electron chi connectivity index (χ3n) is 5.27. The Hall–Kier alpha value is -2.50. The topological polar surface area (TPSA) is 173 Å². The minimum absolute atomic E-state index is 0.146. The van der Waals surface area contributed by atoms with Gasteiger partial charge in [-0.2, -0.15) is 0 Å². The van der Waals surface area contributed by atoms with Crippen LogP contribution in [0, 0.1) is 5.82 Å². The van der Waals surface area contributed by atoms with Gasteiger partial charge in [0.25, 0.3) is 5.08 Å². The molecule has 2 saturated heterocycles. The number of imide groups is 1. The first-order valence-electron chi connectivity index (χ1n) is 9.89. The Balaban J connectivity index is 1.55. The first kappa shape index (κ1) is 24.6. The van der Waals surface area contributed by atoms with Crippen molar-refractivity contribution in [3.63, 3.8) is 0 Å². The van der Waals surface area contributed by atoms with Crippen molar-refractivity contribution in [2.24, 2.45) is 0 Å². The first-order valence-corrected chi connectivity index (χ1v) is 13.0. The predicted molar refractivity (Wildman–Crippen MR) is 111 cm³/mol. The van der Waals surface area contributed by atoms with Crippen LogP contribution in [0.4, 0.5) is 9.18 Å². The highest BCUT2D eigenvalue weighted by atomic mass is 31.2. The van der Waals surface area contributed by atoms with Crippen molar-refractivity contribution >= 4 is 27.2 Å². The summed E-state index contributed by atoms with van der Waals surface area (Å²) in [4.78, 5) is 49.0. The number of aliphatic hydroxyl groups is 1. The zero-order valence-corrected chi connectivity index (χ0v) is 19.1. The minimum Gasteiger partial charge on any atom is -0.410 e. The number of likely N-dealkylation sites (tertiary alicyclic amines) is 1. The van der Waals surface area contributed by atoms with Gasteiger partial charge in [0.1, 0.15) is 11.6 Å². The van der Waals surface area contributed by atoms with Crippen LogP contribution in [-0.4, -0.2) is 48.4 Å². The van der Waals surface area contributed by atoms with Gasteiger partial charge < -0.3 is 19.6 Å². The number of ether oxygens (including phenoxy) is 1. The molecule has 1 aromatic carbocycles. The molecule has 2 fully saturated rings. The van der Waals surface area contributed by atoms with E-state index < -0.39 is 56.4 Å². The Morgan fingerprint density at radius 3 is 2.53 bits per heavy atom. The summed E-state index contributed by atoms with van der Waals surface area (Å²) in [7, 11) is -10.6. The molecule has 0 radical (unpaired) electrons. The maximum absolute atomic E-state index is 14.7. The largest absolute Gasteiger partial charge is 0.421 e. The van der Waals surface area contributed by atoms with Crippen LogP contribution in [0.25, 0.3) is 0 Å². The summed E-state index contributed by atoms with van der Waals surface area (Å²) in [6.45, 7) is 0.168. The van der Waals surface area contributed by atoms with Crippen molar-refractivity contribution < 1.29 is 51.8 Å². The average molecular weight is 516 g/mol. The van der Waals surface area contributed by atoms with Crippen molar-refractivity contribution in [1.82, 2.24) is 9.88 Å². The first-order chi connectivity index (χ1) is 15.9. The smallest absolute Gasteiger partial charge is 0.410 e. The van der Waals surface area contributed by atoms with E-state index in [4.69, 9.17) is 13.8 Å². The monoisotopic (exact) mass is 516 g/mol. The molecule has 0 aliphatic carbocycles. The lowest BCUT2D eigenvalue weighted by atomic mass is 10.2. The van der Waals surface area contributed by atoms with Gasteiger partial charge >= 0.3 is 21.3 Å². The predicted octanol–water partition coefficient (Wildman–Crippen LogP) is 2.65. The molecule has 34 heavy (non-hydrogen) atoms. The highest BCUT2D eigenvalue weighted by molar-refractivity contribution is 7.73. The lowest BCUT2D eigenvalue weighted by Crippen LogP contribution is -2.38. The number of pyridine rings is 1. The quantitative estimate of drug-likeness (QED) is 0.510. The van der Waals surface area contributed by atoms with Gasteiger partial charge in [-0.05, 0) is 30.2 Å². The van der Waals surface area contributed by atoms with Crippen LogP contribution in [0.5, 0.6) is 5.75 Å². The van der Waals surface area contributed by atoms with E-state index in [0.717, 1.165) is 17.0 Å². The summed E-state index contributed by atoms with van der Waals surface area (Å²) in [6, 6.07) is 5.57. The number of nitrogens with zero attached hydrogens (tertiary/aromatic N) is 2. The number of carbonyl (C=O) groups is 2. The van der Waals surface area contributed by atoms with Gasteiger partial charge in [-0.15, -0.1) is 0 Å². The number of hydrogen-bond acceptors (Lipinski definition) is 9. The fraction of sp³-hybridized carbons (Fsp3) is 0.316. The molecule has 3 N–H and O–H groups in total. The summed E-state index contributed by atoms with van der Waals surface area (Å²) in [5.41, 5.74) is -0.419. The summed E-state index contributed by atoms with van der Waals surface area (Å²) in [5.74, 6) is -1.89. The lowest BCUT2D eigenvalue weighted by molar-refractivity contribution is -0.125. The van der Waals surface area contributed by atoms with Crippen molar-refractivity contribution in [1.29, 1.82) is 0 Å². The van der Waals surface area contributed by atoms with E-state index in [1.54, 1.807) is 0 Å². The van der Waals surface area contributed by atoms with Crippen molar-refractivity contribution in [3.8, 4) is 5.75 Å². The molecule has 4 rings (SSSR count). The van der Waals surface area contributed by atoms with Gasteiger partial charge in [0.2, 0.25) is 12.2 Å². The molecule has 2 amide bonds. The van der Waals surface area contributed by atoms with Crippen molar-refractivity contribution in [2.75, 3.05) is 6.54 Å². The molecule has 1 aromatic heterocycles. The fourth-order valence-corrected chi connectivity index (χ4v) is 7.02. The van der Waals surface area contributed by atoms with Crippen LogP contribution in [0.1, 0.15) is 30.3 Å². The summed E-state index contributed by atoms with van der Waals surface area (Å²) < 4.78 is 55.1. The summed E-state index contributed by atoms with van der Waals surface area (Å²) in [6.07, 6.45) is -0.671. The third kappa shape index (κ3) is 4.44. The zero-order valence-electron chi connectivity index (χ0n) is 17.3. The van der Waals surface area contributed by atoms with Gasteiger partial charge in [-0.1, -0.05) is 6.07 Å². The molecule has 0 spiro atoms. The summed E-state index contributed by atoms with van der Waals surface area (Å²) in [5, 5.41) is 7.47. The van der Waals surface area contributed by atoms with E-state index in [2.05, 4.69) is 4.98 Å². The summed E-state index contributed by atoms with van der Waals surface area (Å²) >= 11 is 0. The Morgan fingerprint density at radius 1 is 1.26 bits per heavy atom. The highest BCUT2D eigenvalue weighted by Crippen LogP contribution is 2.79. The van der Waals surface area contributed by atoms with E-state index in [1.165, 1.54) is 24.5 Å². The Kier molecular flexibility index (Phi) is 6.47. The van der Waals surface area contributed by atoms with E-state index in [1.807, 2.05) is 0 Å². The zero-order chi connectivity index (χ0) is 24.7. The number of aromatic nitrogens is 1. The molecule has 12 nitrogen and oxygen atoms in total. The lowest BCUT2D eigenvalue weighted by Gasteiger charge is -2.41. The van der Waals surface area contributed by atoms with Gasteiger partial charge in [-0.3, -0.25) is 28.0 Å². The van der Waals surface area contributed by atoms with E-state index in [-0.39, 0.29) is 24.3 Å². The minimum atomic E-state index is -5.30. The molecule has 2 aromatic rings. The Morgan fingerprint density at radius 2 is 1.97 bits per heavy atom. The normalized spacial score (nSPS) is 31.5. The van der Waals surface area contributed by atoms with Gasteiger partial charge in [0, 0.05) is 43.4 Å². The second-order valence-electron chi connectivity index (χ2n) is 7.60. The van der Waals surface area contributed by atoms with E-state index >= 15 is 0 Å². The molecule has 2 aliphatic rings. The van der Waals surface area contributed by atoms with Gasteiger partial charge in [0.05, 0.1) is 0 Å². The van der Waals surface area contributed by atoms with Gasteiger partial charge in [0.15, 0.2) is 0 Å². The molecule has 0 saturated carbocycles. The Bertz CT molecular complexity index is 1200. The third-order valence-corrected chi connectivity index (χ3v) is 9.87. The molecule has 3 heterocycles. The van der Waals surface area contributed by atoms with Crippen LogP contribution in [0.2, 0.25) is 0 Å². The number of carbonyl (C=O) groups excluding carboxylic acids is 2. The van der Waals surface area contributed by atoms with Crippen LogP contribution < -0.4 is 4.74 Å². The van der Waals surface area contributed by atoms with Gasteiger partial charge in [-0.25, -0.2) is 14.1 Å². The molecular weight excluding hydrogens is 497 g/mol. The second-order valence-corrected chi connectivity index (χ2v) is 11.9. The maximum atomic E-state index is 14.7. The Labute approximate surface area is 192 Å². The molecule has 0 bridgehead atoms.